The van der Waals surface area contributed by atoms with Crippen LogP contribution in [0.1, 0.15) is 59.4 Å². The average molecular weight is 311 g/mol. The van der Waals surface area contributed by atoms with Gasteiger partial charge in [-0.05, 0) is 67.7 Å². The molecule has 0 saturated carbocycles. The van der Waals surface area contributed by atoms with E-state index in [1.54, 1.807) is 0 Å². The van der Waals surface area contributed by atoms with Crippen LogP contribution in [-0.4, -0.2) is 36.1 Å². The molecule has 1 heterocycles. The Bertz CT molecular complexity index is 353. The fourth-order valence-corrected chi connectivity index (χ4v) is 4.52. The highest BCUT2D eigenvalue weighted by Gasteiger charge is 2.38. The van der Waals surface area contributed by atoms with E-state index in [9.17, 15) is 0 Å². The molecule has 1 unspecified atom stereocenters. The van der Waals surface area contributed by atoms with Gasteiger partial charge in [-0.25, -0.2) is 0 Å². The molecule has 0 bridgehead atoms. The second-order valence-corrected chi connectivity index (χ2v) is 6.54. The van der Waals surface area contributed by atoms with Gasteiger partial charge in [0.1, 0.15) is 0 Å². The van der Waals surface area contributed by atoms with Crippen molar-refractivity contribution >= 4 is 11.3 Å². The molecule has 1 rings (SSSR count). The summed E-state index contributed by atoms with van der Waals surface area (Å²) in [4.78, 5) is 2.67. The number of thiophene rings is 1. The Kier molecular flexibility index (Phi) is 8.53. The number of aryl methyl sites for hydroxylation is 1. The lowest BCUT2D eigenvalue weighted by Gasteiger charge is -2.48. The van der Waals surface area contributed by atoms with Crippen LogP contribution in [-0.2, 0) is 6.42 Å². The largest absolute Gasteiger partial charge is 0.312 e. The monoisotopic (exact) mass is 310 g/mol. The first-order valence-corrected chi connectivity index (χ1v) is 9.62. The molecule has 0 amide bonds. The maximum absolute atomic E-state index is 3.80. The van der Waals surface area contributed by atoms with Gasteiger partial charge < -0.3 is 5.32 Å². The maximum Gasteiger partial charge on any atom is 0.0357 e. The lowest BCUT2D eigenvalue weighted by Crippen LogP contribution is -2.61. The molecule has 0 aromatic carbocycles. The second-order valence-electron chi connectivity index (χ2n) is 5.76. The third-order valence-corrected chi connectivity index (χ3v) is 5.75. The summed E-state index contributed by atoms with van der Waals surface area (Å²) in [6.45, 7) is 14.9. The molecule has 0 radical (unpaired) electrons. The third kappa shape index (κ3) is 4.54. The van der Waals surface area contributed by atoms with E-state index >= 15 is 0 Å². The minimum absolute atomic E-state index is 0.287. The van der Waals surface area contributed by atoms with Gasteiger partial charge in [0.05, 0.1) is 0 Å². The van der Waals surface area contributed by atoms with E-state index in [0.29, 0.717) is 6.04 Å². The Morgan fingerprint density at radius 1 is 1.14 bits per heavy atom. The van der Waals surface area contributed by atoms with Gasteiger partial charge in [0.2, 0.25) is 0 Å². The van der Waals surface area contributed by atoms with E-state index in [-0.39, 0.29) is 5.54 Å². The molecule has 0 fully saturated rings. The van der Waals surface area contributed by atoms with E-state index in [0.717, 1.165) is 19.6 Å². The number of nitrogens with one attached hydrogen (secondary N) is 1. The molecule has 1 aromatic rings. The normalized spacial score (nSPS) is 13.8. The van der Waals surface area contributed by atoms with Crippen molar-refractivity contribution in [3.63, 3.8) is 0 Å². The van der Waals surface area contributed by atoms with Crippen molar-refractivity contribution in [2.75, 3.05) is 19.6 Å². The minimum atomic E-state index is 0.287. The molecule has 0 saturated heterocycles. The summed E-state index contributed by atoms with van der Waals surface area (Å²) in [5.41, 5.74) is 1.78. The number of likely N-dealkylation sites (N-methyl/N-ethyl adjacent to an activating group) is 2. The van der Waals surface area contributed by atoms with Crippen molar-refractivity contribution in [3.8, 4) is 0 Å². The second kappa shape index (κ2) is 9.60. The average Bonchev–Trinajstić information content (AvgIpc) is 3.03. The number of hydrogen-bond acceptors (Lipinski definition) is 3. The van der Waals surface area contributed by atoms with Crippen molar-refractivity contribution in [3.05, 3.63) is 22.4 Å². The van der Waals surface area contributed by atoms with Crippen molar-refractivity contribution < 1.29 is 0 Å². The Hall–Kier alpha value is -0.380. The Morgan fingerprint density at radius 2 is 1.81 bits per heavy atom. The number of nitrogens with zero attached hydrogens (tertiary/aromatic N) is 1. The first-order chi connectivity index (χ1) is 10.2. The predicted molar refractivity (Wildman–Crippen MR) is 96.3 cm³/mol. The van der Waals surface area contributed by atoms with Crippen molar-refractivity contribution in [1.82, 2.24) is 10.2 Å². The zero-order valence-corrected chi connectivity index (χ0v) is 15.4. The van der Waals surface area contributed by atoms with Crippen LogP contribution in [0.3, 0.4) is 0 Å². The SMILES string of the molecule is CCNC(CCc1ccsc1)C(CC)(CC)N(CC)CC. The highest BCUT2D eigenvalue weighted by molar-refractivity contribution is 7.07. The van der Waals surface area contributed by atoms with Crippen LogP contribution in [0.15, 0.2) is 16.8 Å². The van der Waals surface area contributed by atoms with Crippen LogP contribution in [0.4, 0.5) is 0 Å². The smallest absolute Gasteiger partial charge is 0.0357 e. The topological polar surface area (TPSA) is 15.3 Å². The first kappa shape index (κ1) is 18.7. The molecule has 1 N–H and O–H groups in total. The van der Waals surface area contributed by atoms with E-state index in [1.807, 2.05) is 11.3 Å². The summed E-state index contributed by atoms with van der Waals surface area (Å²) in [6.07, 6.45) is 4.84. The zero-order valence-electron chi connectivity index (χ0n) is 14.6. The number of hydrogen-bond donors (Lipinski definition) is 1. The zero-order chi connectivity index (χ0) is 15.7. The summed E-state index contributed by atoms with van der Waals surface area (Å²) in [6, 6.07) is 2.84. The van der Waals surface area contributed by atoms with Crippen LogP contribution in [0.25, 0.3) is 0 Å². The van der Waals surface area contributed by atoms with Crippen LogP contribution >= 0.6 is 11.3 Å². The van der Waals surface area contributed by atoms with Crippen molar-refractivity contribution in [2.24, 2.45) is 0 Å². The highest BCUT2D eigenvalue weighted by Crippen LogP contribution is 2.30. The van der Waals surface area contributed by atoms with E-state index in [4.69, 9.17) is 0 Å². The summed E-state index contributed by atoms with van der Waals surface area (Å²) in [5, 5.41) is 8.28. The highest BCUT2D eigenvalue weighted by atomic mass is 32.1. The first-order valence-electron chi connectivity index (χ1n) is 8.67. The van der Waals surface area contributed by atoms with Crippen molar-refractivity contribution in [2.45, 2.75) is 71.9 Å². The van der Waals surface area contributed by atoms with Gasteiger partial charge in [0.15, 0.2) is 0 Å². The number of rotatable bonds is 11. The van der Waals surface area contributed by atoms with Crippen LogP contribution in [0.5, 0.6) is 0 Å². The lowest BCUT2D eigenvalue weighted by atomic mass is 9.79. The molecule has 0 aliphatic heterocycles. The Labute approximate surface area is 135 Å². The Balaban J connectivity index is 2.90. The van der Waals surface area contributed by atoms with Gasteiger partial charge in [-0.3, -0.25) is 4.90 Å². The molecule has 0 spiro atoms. The van der Waals surface area contributed by atoms with Crippen LogP contribution in [0, 0.1) is 0 Å². The van der Waals surface area contributed by atoms with Gasteiger partial charge in [-0.2, -0.15) is 11.3 Å². The third-order valence-electron chi connectivity index (χ3n) is 5.02. The van der Waals surface area contributed by atoms with Gasteiger partial charge in [-0.15, -0.1) is 0 Å². The minimum Gasteiger partial charge on any atom is -0.312 e. The van der Waals surface area contributed by atoms with Gasteiger partial charge in [0, 0.05) is 11.6 Å². The van der Waals surface area contributed by atoms with Gasteiger partial charge in [0.25, 0.3) is 0 Å². The molecular weight excluding hydrogens is 276 g/mol. The fourth-order valence-electron chi connectivity index (χ4n) is 3.82. The standard InChI is InChI=1S/C18H34N2S/c1-6-18(7-2,20(9-4)10-5)17(19-8-3)12-11-16-13-14-21-15-16/h13-15,17,19H,6-12H2,1-5H3. The van der Waals surface area contributed by atoms with Gasteiger partial charge in [-0.1, -0.05) is 34.6 Å². The summed E-state index contributed by atoms with van der Waals surface area (Å²) in [7, 11) is 0. The van der Waals surface area contributed by atoms with Gasteiger partial charge >= 0.3 is 0 Å². The van der Waals surface area contributed by atoms with Crippen LogP contribution in [0.2, 0.25) is 0 Å². The molecule has 0 aliphatic rings. The molecule has 122 valence electrons. The lowest BCUT2D eigenvalue weighted by molar-refractivity contribution is 0.0468. The van der Waals surface area contributed by atoms with E-state index < -0.39 is 0 Å². The van der Waals surface area contributed by atoms with E-state index in [1.165, 1.54) is 31.2 Å². The predicted octanol–water partition coefficient (Wildman–Crippen LogP) is 4.56. The molecule has 3 heteroatoms. The molecule has 1 aromatic heterocycles. The van der Waals surface area contributed by atoms with Crippen LogP contribution < -0.4 is 5.32 Å². The molecule has 21 heavy (non-hydrogen) atoms. The molecule has 0 aliphatic carbocycles. The van der Waals surface area contributed by atoms with Crippen molar-refractivity contribution in [1.29, 1.82) is 0 Å². The molecular formula is C18H34N2S. The molecule has 2 nitrogen and oxygen atoms in total. The Morgan fingerprint density at radius 3 is 2.24 bits per heavy atom. The fraction of sp³-hybridized carbons (Fsp3) is 0.778. The quantitative estimate of drug-likeness (QED) is 0.644. The maximum atomic E-state index is 3.80. The summed E-state index contributed by atoms with van der Waals surface area (Å²) in [5.74, 6) is 0. The summed E-state index contributed by atoms with van der Waals surface area (Å²) < 4.78 is 0. The van der Waals surface area contributed by atoms with E-state index in [2.05, 4.69) is 61.7 Å². The molecule has 1 atom stereocenters. The summed E-state index contributed by atoms with van der Waals surface area (Å²) >= 11 is 1.81.